The summed E-state index contributed by atoms with van der Waals surface area (Å²) in [6, 6.07) is 1.99. The molecule has 1 aliphatic heterocycles. The predicted octanol–water partition coefficient (Wildman–Crippen LogP) is 1.27. The maximum absolute atomic E-state index is 6.25. The summed E-state index contributed by atoms with van der Waals surface area (Å²) >= 11 is 0. The molecule has 4 heteroatoms. The minimum Gasteiger partial charge on any atom is -0.337 e. The minimum atomic E-state index is -0.0684. The fourth-order valence-corrected chi connectivity index (χ4v) is 2.02. The van der Waals surface area contributed by atoms with Gasteiger partial charge in [0.05, 0.1) is 5.54 Å². The smallest absolute Gasteiger partial charge is 0.225 e. The second-order valence-electron chi connectivity index (χ2n) is 5.19. The Morgan fingerprint density at radius 1 is 1.25 bits per heavy atom. The molecule has 16 heavy (non-hydrogen) atoms. The summed E-state index contributed by atoms with van der Waals surface area (Å²) in [5.41, 5.74) is 8.21. The molecule has 0 unspecified atom stereocenters. The molecule has 0 atom stereocenters. The highest BCUT2D eigenvalue weighted by atomic mass is 15.3. The summed E-state index contributed by atoms with van der Waals surface area (Å²) in [4.78, 5) is 11.0. The van der Waals surface area contributed by atoms with Crippen molar-refractivity contribution in [3.63, 3.8) is 0 Å². The third-order valence-electron chi connectivity index (χ3n) is 3.37. The second-order valence-corrected chi connectivity index (χ2v) is 5.19. The van der Waals surface area contributed by atoms with Gasteiger partial charge in [-0.05, 0) is 25.8 Å². The van der Waals surface area contributed by atoms with Crippen LogP contribution in [0.15, 0.2) is 6.07 Å². The molecular formula is C12H20N4. The first-order chi connectivity index (χ1) is 7.40. The normalized spacial score (nSPS) is 18.8. The zero-order chi connectivity index (χ0) is 11.9. The van der Waals surface area contributed by atoms with Crippen molar-refractivity contribution in [1.29, 1.82) is 0 Å². The maximum atomic E-state index is 6.25. The molecule has 0 radical (unpaired) electrons. The molecule has 4 nitrogen and oxygen atoms in total. The van der Waals surface area contributed by atoms with E-state index in [-0.39, 0.29) is 5.54 Å². The lowest BCUT2D eigenvalue weighted by atomic mass is 9.80. The van der Waals surface area contributed by atoms with Crippen molar-refractivity contribution in [1.82, 2.24) is 9.97 Å². The van der Waals surface area contributed by atoms with Crippen LogP contribution in [0.3, 0.4) is 0 Å². The van der Waals surface area contributed by atoms with Gasteiger partial charge < -0.3 is 10.6 Å². The van der Waals surface area contributed by atoms with Crippen LogP contribution in [0.5, 0.6) is 0 Å². The molecule has 1 fully saturated rings. The lowest BCUT2D eigenvalue weighted by molar-refractivity contribution is 0.242. The highest BCUT2D eigenvalue weighted by molar-refractivity contribution is 5.39. The second kappa shape index (κ2) is 3.70. The van der Waals surface area contributed by atoms with Gasteiger partial charge in [-0.2, -0.15) is 0 Å². The van der Waals surface area contributed by atoms with Crippen molar-refractivity contribution in [3.05, 3.63) is 17.5 Å². The summed E-state index contributed by atoms with van der Waals surface area (Å²) < 4.78 is 0. The van der Waals surface area contributed by atoms with E-state index in [4.69, 9.17) is 5.73 Å². The number of aromatic nitrogens is 2. The van der Waals surface area contributed by atoms with Crippen LogP contribution < -0.4 is 10.6 Å². The first-order valence-electron chi connectivity index (χ1n) is 5.77. The molecule has 1 saturated heterocycles. The summed E-state index contributed by atoms with van der Waals surface area (Å²) in [5, 5.41) is 0. The van der Waals surface area contributed by atoms with Crippen LogP contribution in [-0.4, -0.2) is 28.6 Å². The van der Waals surface area contributed by atoms with Gasteiger partial charge in [0.2, 0.25) is 5.95 Å². The Hall–Kier alpha value is -1.16. The highest BCUT2D eigenvalue weighted by Gasteiger charge is 2.43. The van der Waals surface area contributed by atoms with Gasteiger partial charge in [-0.1, -0.05) is 13.8 Å². The monoisotopic (exact) mass is 220 g/mol. The molecule has 0 aromatic carbocycles. The zero-order valence-electron chi connectivity index (χ0n) is 10.5. The summed E-state index contributed by atoms with van der Waals surface area (Å²) in [7, 11) is 0. The molecule has 2 rings (SSSR count). The fraction of sp³-hybridized carbons (Fsp3) is 0.667. The summed E-state index contributed by atoms with van der Waals surface area (Å²) in [6.45, 7) is 10.0. The average Bonchev–Trinajstić information content (AvgIpc) is 2.10. The number of aryl methyl sites for hydroxylation is 2. The van der Waals surface area contributed by atoms with Crippen molar-refractivity contribution in [2.24, 2.45) is 11.7 Å². The standard InChI is InChI=1S/C12H20N4/c1-8(2)12(13)6-16(7-12)11-14-9(3)5-10(4)15-11/h5,8H,6-7,13H2,1-4H3. The van der Waals surface area contributed by atoms with Gasteiger partial charge in [-0.3, -0.25) is 0 Å². The Kier molecular flexibility index (Phi) is 2.62. The topological polar surface area (TPSA) is 55.0 Å². The van der Waals surface area contributed by atoms with Gasteiger partial charge >= 0.3 is 0 Å². The predicted molar refractivity (Wildman–Crippen MR) is 65.5 cm³/mol. The molecule has 1 aromatic rings. The Morgan fingerprint density at radius 3 is 2.19 bits per heavy atom. The third kappa shape index (κ3) is 1.89. The van der Waals surface area contributed by atoms with Crippen molar-refractivity contribution in [2.75, 3.05) is 18.0 Å². The molecule has 2 N–H and O–H groups in total. The van der Waals surface area contributed by atoms with Gasteiger partial charge in [-0.25, -0.2) is 9.97 Å². The van der Waals surface area contributed by atoms with E-state index in [1.54, 1.807) is 0 Å². The van der Waals surface area contributed by atoms with Crippen LogP contribution >= 0.6 is 0 Å². The minimum absolute atomic E-state index is 0.0684. The number of hydrogen-bond donors (Lipinski definition) is 1. The molecule has 2 heterocycles. The van der Waals surface area contributed by atoms with Gasteiger partial charge in [0, 0.05) is 24.5 Å². The van der Waals surface area contributed by atoms with E-state index < -0.39 is 0 Å². The van der Waals surface area contributed by atoms with E-state index in [0.717, 1.165) is 30.4 Å². The van der Waals surface area contributed by atoms with Crippen molar-refractivity contribution in [3.8, 4) is 0 Å². The van der Waals surface area contributed by atoms with Crippen LogP contribution in [0.1, 0.15) is 25.2 Å². The van der Waals surface area contributed by atoms with E-state index >= 15 is 0 Å². The van der Waals surface area contributed by atoms with Crippen LogP contribution in [0.2, 0.25) is 0 Å². The van der Waals surface area contributed by atoms with E-state index in [2.05, 4.69) is 28.7 Å². The Labute approximate surface area is 96.9 Å². The molecule has 88 valence electrons. The van der Waals surface area contributed by atoms with E-state index in [1.807, 2.05) is 19.9 Å². The lowest BCUT2D eigenvalue weighted by Gasteiger charge is -2.50. The quantitative estimate of drug-likeness (QED) is 0.815. The first-order valence-corrected chi connectivity index (χ1v) is 5.77. The summed E-state index contributed by atoms with van der Waals surface area (Å²) in [6.07, 6.45) is 0. The molecule has 1 aromatic heterocycles. The molecule has 0 amide bonds. The molecule has 0 bridgehead atoms. The Morgan fingerprint density at radius 2 is 1.75 bits per heavy atom. The Balaban J connectivity index is 2.12. The van der Waals surface area contributed by atoms with Gasteiger partial charge in [-0.15, -0.1) is 0 Å². The number of rotatable bonds is 2. The van der Waals surface area contributed by atoms with Crippen molar-refractivity contribution in [2.45, 2.75) is 33.2 Å². The van der Waals surface area contributed by atoms with E-state index in [1.165, 1.54) is 0 Å². The number of hydrogen-bond acceptors (Lipinski definition) is 4. The molecule has 0 aliphatic carbocycles. The number of nitrogens with two attached hydrogens (primary N) is 1. The van der Waals surface area contributed by atoms with Crippen molar-refractivity contribution >= 4 is 5.95 Å². The highest BCUT2D eigenvalue weighted by Crippen LogP contribution is 2.29. The van der Waals surface area contributed by atoms with Gasteiger partial charge in [0.1, 0.15) is 0 Å². The molecular weight excluding hydrogens is 200 g/mol. The van der Waals surface area contributed by atoms with Crippen LogP contribution in [-0.2, 0) is 0 Å². The van der Waals surface area contributed by atoms with E-state index in [0.29, 0.717) is 5.92 Å². The first kappa shape index (κ1) is 11.3. The Bertz CT molecular complexity index is 374. The van der Waals surface area contributed by atoms with E-state index in [9.17, 15) is 0 Å². The summed E-state index contributed by atoms with van der Waals surface area (Å²) in [5.74, 6) is 1.31. The van der Waals surface area contributed by atoms with Crippen LogP contribution in [0, 0.1) is 19.8 Å². The lowest BCUT2D eigenvalue weighted by Crippen LogP contribution is -2.70. The SMILES string of the molecule is Cc1cc(C)nc(N2CC(N)(C(C)C)C2)n1. The zero-order valence-corrected chi connectivity index (χ0v) is 10.5. The number of anilines is 1. The molecule has 0 saturated carbocycles. The number of nitrogens with zero attached hydrogens (tertiary/aromatic N) is 3. The molecule has 1 aliphatic rings. The van der Waals surface area contributed by atoms with Crippen molar-refractivity contribution < 1.29 is 0 Å². The fourth-order valence-electron chi connectivity index (χ4n) is 2.02. The van der Waals surface area contributed by atoms with Crippen LogP contribution in [0.25, 0.3) is 0 Å². The third-order valence-corrected chi connectivity index (χ3v) is 3.37. The van der Waals surface area contributed by atoms with Gasteiger partial charge in [0.25, 0.3) is 0 Å². The average molecular weight is 220 g/mol. The maximum Gasteiger partial charge on any atom is 0.225 e. The largest absolute Gasteiger partial charge is 0.337 e. The van der Waals surface area contributed by atoms with Crippen LogP contribution in [0.4, 0.5) is 5.95 Å². The van der Waals surface area contributed by atoms with Gasteiger partial charge in [0.15, 0.2) is 0 Å². The molecule has 0 spiro atoms.